The highest BCUT2D eigenvalue weighted by Gasteiger charge is 2.16. The maximum Gasteiger partial charge on any atom is 0.305 e. The van der Waals surface area contributed by atoms with Crippen LogP contribution in [0.1, 0.15) is 6.42 Å². The van der Waals surface area contributed by atoms with Gasteiger partial charge in [0, 0.05) is 18.7 Å². The van der Waals surface area contributed by atoms with Crippen LogP contribution in [-0.4, -0.2) is 38.4 Å². The number of hydrogen-bond acceptors (Lipinski definition) is 4. The van der Waals surface area contributed by atoms with Crippen molar-refractivity contribution in [1.29, 1.82) is 0 Å². The number of halogens is 1. The normalized spacial score (nSPS) is 9.70. The molecule has 0 fully saturated rings. The number of terminal acetylenes is 1. The molecule has 1 N–H and O–H groups in total. The molecule has 0 amide bonds. The van der Waals surface area contributed by atoms with Crippen LogP contribution in [0.2, 0.25) is 5.02 Å². The molecule has 0 aliphatic rings. The molecule has 1 aromatic carbocycles. The van der Waals surface area contributed by atoms with Crippen molar-refractivity contribution in [2.24, 2.45) is 0 Å². The lowest BCUT2D eigenvalue weighted by Crippen LogP contribution is -2.27. The second-order valence-electron chi connectivity index (χ2n) is 3.93. The van der Waals surface area contributed by atoms with Gasteiger partial charge in [0.25, 0.3) is 0 Å². The summed E-state index contributed by atoms with van der Waals surface area (Å²) in [6.07, 6.45) is 5.30. The number of methoxy groups -OCH3 is 2. The van der Waals surface area contributed by atoms with Crippen LogP contribution in [0.5, 0.6) is 11.5 Å². The summed E-state index contributed by atoms with van der Waals surface area (Å²) in [6.45, 7) is 0.523. The van der Waals surface area contributed by atoms with Crippen LogP contribution >= 0.6 is 11.6 Å². The standard InChI is InChI=1S/C14H16ClNO4/c1-4-6-16(7-5-14(17)18)11-9-12(19-2)10(15)8-13(11)20-3/h1,8-9H,5-7H2,2-3H3,(H,17,18). The molecule has 0 spiro atoms. The molecule has 0 atom stereocenters. The molecule has 0 aliphatic heterocycles. The zero-order chi connectivity index (χ0) is 15.1. The van der Waals surface area contributed by atoms with Crippen molar-refractivity contribution in [2.75, 3.05) is 32.2 Å². The number of carbonyl (C=O) groups is 1. The number of anilines is 1. The number of carboxylic acid groups (broad SMARTS) is 1. The Morgan fingerprint density at radius 2 is 2.05 bits per heavy atom. The Bertz CT molecular complexity index is 525. The Hall–Kier alpha value is -2.06. The molecule has 0 aromatic heterocycles. The van der Waals surface area contributed by atoms with Crippen molar-refractivity contribution >= 4 is 23.3 Å². The van der Waals surface area contributed by atoms with Gasteiger partial charge in [-0.3, -0.25) is 4.79 Å². The minimum atomic E-state index is -0.896. The van der Waals surface area contributed by atoms with Gasteiger partial charge in [0.15, 0.2) is 0 Å². The summed E-state index contributed by atoms with van der Waals surface area (Å²) in [5.41, 5.74) is 0.646. The van der Waals surface area contributed by atoms with Gasteiger partial charge < -0.3 is 19.5 Å². The summed E-state index contributed by atoms with van der Waals surface area (Å²) in [7, 11) is 3.01. The fourth-order valence-electron chi connectivity index (χ4n) is 1.72. The third kappa shape index (κ3) is 3.97. The molecule has 108 valence electrons. The molecule has 0 heterocycles. The molecule has 0 saturated heterocycles. The first-order valence-corrected chi connectivity index (χ1v) is 6.23. The van der Waals surface area contributed by atoms with Crippen LogP contribution < -0.4 is 14.4 Å². The molecule has 0 radical (unpaired) electrons. The van der Waals surface area contributed by atoms with Gasteiger partial charge in [-0.15, -0.1) is 6.42 Å². The molecule has 1 aromatic rings. The molecule has 5 nitrogen and oxygen atoms in total. The molecule has 0 unspecified atom stereocenters. The Labute approximate surface area is 123 Å². The zero-order valence-electron chi connectivity index (χ0n) is 11.4. The summed E-state index contributed by atoms with van der Waals surface area (Å²) < 4.78 is 10.4. The van der Waals surface area contributed by atoms with Crippen LogP contribution in [0.25, 0.3) is 0 Å². The van der Waals surface area contributed by atoms with E-state index in [2.05, 4.69) is 5.92 Å². The van der Waals surface area contributed by atoms with Crippen molar-refractivity contribution in [2.45, 2.75) is 6.42 Å². The van der Waals surface area contributed by atoms with E-state index >= 15 is 0 Å². The lowest BCUT2D eigenvalue weighted by atomic mass is 10.2. The van der Waals surface area contributed by atoms with Gasteiger partial charge in [0.2, 0.25) is 0 Å². The van der Waals surface area contributed by atoms with E-state index in [0.717, 1.165) is 0 Å². The minimum Gasteiger partial charge on any atom is -0.495 e. The zero-order valence-corrected chi connectivity index (χ0v) is 12.1. The molecule has 0 aliphatic carbocycles. The highest BCUT2D eigenvalue weighted by Crippen LogP contribution is 2.38. The van der Waals surface area contributed by atoms with Crippen LogP contribution in [0.15, 0.2) is 12.1 Å². The fraction of sp³-hybridized carbons (Fsp3) is 0.357. The van der Waals surface area contributed by atoms with Crippen molar-refractivity contribution < 1.29 is 19.4 Å². The van der Waals surface area contributed by atoms with Gasteiger partial charge in [-0.25, -0.2) is 0 Å². The van der Waals surface area contributed by atoms with Gasteiger partial charge in [-0.1, -0.05) is 17.5 Å². The van der Waals surface area contributed by atoms with E-state index in [1.165, 1.54) is 14.2 Å². The molecular weight excluding hydrogens is 282 g/mol. The quantitative estimate of drug-likeness (QED) is 0.782. The number of aliphatic carboxylic acids is 1. The van der Waals surface area contributed by atoms with E-state index in [4.69, 9.17) is 32.6 Å². The summed E-state index contributed by atoms with van der Waals surface area (Å²) in [5.74, 6) is 2.58. The van der Waals surface area contributed by atoms with Crippen molar-refractivity contribution in [3.63, 3.8) is 0 Å². The SMILES string of the molecule is C#CCN(CCC(=O)O)c1cc(OC)c(Cl)cc1OC. The van der Waals surface area contributed by atoms with Gasteiger partial charge in [0.1, 0.15) is 11.5 Å². The largest absolute Gasteiger partial charge is 0.495 e. The van der Waals surface area contributed by atoms with Gasteiger partial charge >= 0.3 is 5.97 Å². The third-order valence-corrected chi connectivity index (χ3v) is 2.97. The van der Waals surface area contributed by atoms with E-state index in [1.807, 2.05) is 0 Å². The molecule has 0 saturated carbocycles. The second kappa shape index (κ2) is 7.51. The number of carboxylic acids is 1. The number of hydrogen-bond donors (Lipinski definition) is 1. The van der Waals surface area contributed by atoms with Crippen LogP contribution in [0, 0.1) is 12.3 Å². The van der Waals surface area contributed by atoms with E-state index in [9.17, 15) is 4.79 Å². The Morgan fingerprint density at radius 3 is 2.55 bits per heavy atom. The predicted octanol–water partition coefficient (Wildman–Crippen LogP) is 2.27. The predicted molar refractivity (Wildman–Crippen MR) is 77.9 cm³/mol. The highest BCUT2D eigenvalue weighted by molar-refractivity contribution is 6.32. The molecule has 1 rings (SSSR count). The van der Waals surface area contributed by atoms with Crippen molar-refractivity contribution in [3.8, 4) is 23.8 Å². The number of rotatable bonds is 7. The first-order chi connectivity index (χ1) is 9.53. The second-order valence-corrected chi connectivity index (χ2v) is 4.34. The number of ether oxygens (including phenoxy) is 2. The van der Waals surface area contributed by atoms with Gasteiger partial charge in [0.05, 0.1) is 37.9 Å². The first-order valence-electron chi connectivity index (χ1n) is 5.85. The van der Waals surface area contributed by atoms with Gasteiger partial charge in [-0.05, 0) is 0 Å². The van der Waals surface area contributed by atoms with E-state index in [-0.39, 0.29) is 19.5 Å². The Morgan fingerprint density at radius 1 is 1.40 bits per heavy atom. The highest BCUT2D eigenvalue weighted by atomic mass is 35.5. The van der Waals surface area contributed by atoms with E-state index in [0.29, 0.717) is 22.2 Å². The Kier molecular flexibility index (Phi) is 6.01. The van der Waals surface area contributed by atoms with Crippen molar-refractivity contribution in [1.82, 2.24) is 0 Å². The summed E-state index contributed by atoms with van der Waals surface area (Å²) in [4.78, 5) is 12.4. The van der Waals surface area contributed by atoms with Gasteiger partial charge in [-0.2, -0.15) is 0 Å². The number of benzene rings is 1. The summed E-state index contributed by atoms with van der Waals surface area (Å²) in [5, 5.41) is 9.20. The minimum absolute atomic E-state index is 0.0320. The van der Waals surface area contributed by atoms with Crippen LogP contribution in [0.3, 0.4) is 0 Å². The first kappa shape index (κ1) is 16.0. The topological polar surface area (TPSA) is 59.0 Å². The average molecular weight is 298 g/mol. The molecular formula is C14H16ClNO4. The molecule has 6 heteroatoms. The third-order valence-electron chi connectivity index (χ3n) is 2.67. The maximum atomic E-state index is 10.7. The monoisotopic (exact) mass is 297 g/mol. The van der Waals surface area contributed by atoms with E-state index in [1.54, 1.807) is 17.0 Å². The van der Waals surface area contributed by atoms with Crippen LogP contribution in [0.4, 0.5) is 5.69 Å². The molecule has 20 heavy (non-hydrogen) atoms. The number of nitrogens with zero attached hydrogens (tertiary/aromatic N) is 1. The maximum absolute atomic E-state index is 10.7. The average Bonchev–Trinajstić information content (AvgIpc) is 2.43. The summed E-state index contributed by atoms with van der Waals surface area (Å²) in [6, 6.07) is 3.29. The summed E-state index contributed by atoms with van der Waals surface area (Å²) >= 11 is 6.03. The lowest BCUT2D eigenvalue weighted by Gasteiger charge is -2.24. The van der Waals surface area contributed by atoms with Crippen LogP contribution in [-0.2, 0) is 4.79 Å². The van der Waals surface area contributed by atoms with E-state index < -0.39 is 5.97 Å². The molecule has 0 bridgehead atoms. The fourth-order valence-corrected chi connectivity index (χ4v) is 1.95. The smallest absolute Gasteiger partial charge is 0.305 e. The van der Waals surface area contributed by atoms with Crippen molar-refractivity contribution in [3.05, 3.63) is 17.2 Å². The Balaban J connectivity index is 3.16. The lowest BCUT2D eigenvalue weighted by molar-refractivity contribution is -0.136.